The monoisotopic (exact) mass is 290 g/mol. The normalized spacial score (nSPS) is 32.8. The maximum Gasteiger partial charge on any atom is 0.242 e. The topological polar surface area (TPSA) is 74.8 Å². The molecule has 1 heterocycles. The van der Waals surface area contributed by atoms with Crippen LogP contribution >= 0.6 is 0 Å². The fourth-order valence-electron chi connectivity index (χ4n) is 3.80. The minimum Gasteiger partial charge on any atom is -0.337 e. The summed E-state index contributed by atoms with van der Waals surface area (Å²) >= 11 is 0. The third kappa shape index (κ3) is 2.09. The lowest BCUT2D eigenvalue weighted by molar-refractivity contribution is -0.147. The van der Waals surface area contributed by atoms with Gasteiger partial charge in [0.25, 0.3) is 0 Å². The number of ketones is 1. The number of carbonyl (C=O) groups excluding carboxylic acids is 4. The van der Waals surface area contributed by atoms with Crippen LogP contribution in [0.25, 0.3) is 0 Å². The zero-order chi connectivity index (χ0) is 15.3. The first-order valence-corrected chi connectivity index (χ1v) is 7.17. The summed E-state index contributed by atoms with van der Waals surface area (Å²) in [5.74, 6) is -1.25. The van der Waals surface area contributed by atoms with Crippen molar-refractivity contribution in [1.29, 1.82) is 0 Å². The average molecular weight is 290 g/mol. The average Bonchev–Trinajstić information content (AvgIpc) is 3.07. The highest BCUT2D eigenvalue weighted by Crippen LogP contribution is 2.52. The standard InChI is InChI=1S/C15H18N2O4/c1-8(18)6-16(2)11(19)7-17-14(20)12-9-3-4-10(5-9)13(12)15(17)21/h3-4,9-10,12-13H,5-7H2,1-2H3. The van der Waals surface area contributed by atoms with E-state index in [1.54, 1.807) is 0 Å². The van der Waals surface area contributed by atoms with Crippen molar-refractivity contribution in [3.05, 3.63) is 12.2 Å². The number of nitrogens with zero attached hydrogens (tertiary/aromatic N) is 2. The van der Waals surface area contributed by atoms with Crippen molar-refractivity contribution in [2.24, 2.45) is 23.7 Å². The van der Waals surface area contributed by atoms with E-state index in [4.69, 9.17) is 0 Å². The maximum atomic E-state index is 12.4. The summed E-state index contributed by atoms with van der Waals surface area (Å²) in [5, 5.41) is 0. The Kier molecular flexibility index (Phi) is 3.19. The summed E-state index contributed by atoms with van der Waals surface area (Å²) in [6.45, 7) is 1.13. The van der Waals surface area contributed by atoms with E-state index in [0.717, 1.165) is 11.3 Å². The zero-order valence-electron chi connectivity index (χ0n) is 12.1. The highest BCUT2D eigenvalue weighted by atomic mass is 16.2. The molecule has 0 radical (unpaired) electrons. The Bertz CT molecular complexity index is 538. The fraction of sp³-hybridized carbons (Fsp3) is 0.600. The molecule has 0 aromatic rings. The predicted molar refractivity (Wildman–Crippen MR) is 72.8 cm³/mol. The van der Waals surface area contributed by atoms with Crippen molar-refractivity contribution in [3.63, 3.8) is 0 Å². The molecule has 3 rings (SSSR count). The SMILES string of the molecule is CC(=O)CN(C)C(=O)CN1C(=O)C2C3C=CC(C3)C2C1=O. The summed E-state index contributed by atoms with van der Waals surface area (Å²) in [6, 6.07) is 0. The Morgan fingerprint density at radius 3 is 2.19 bits per heavy atom. The molecule has 2 aliphatic carbocycles. The molecular formula is C15H18N2O4. The number of hydrogen-bond acceptors (Lipinski definition) is 4. The van der Waals surface area contributed by atoms with Crippen LogP contribution in [0.15, 0.2) is 12.2 Å². The van der Waals surface area contributed by atoms with E-state index in [9.17, 15) is 19.2 Å². The van der Waals surface area contributed by atoms with Crippen molar-refractivity contribution in [2.75, 3.05) is 20.1 Å². The van der Waals surface area contributed by atoms with Crippen molar-refractivity contribution in [2.45, 2.75) is 13.3 Å². The van der Waals surface area contributed by atoms with E-state index in [0.29, 0.717) is 0 Å². The van der Waals surface area contributed by atoms with E-state index >= 15 is 0 Å². The van der Waals surface area contributed by atoms with E-state index in [1.807, 2.05) is 12.2 Å². The summed E-state index contributed by atoms with van der Waals surface area (Å²) in [6.07, 6.45) is 4.91. The van der Waals surface area contributed by atoms with Gasteiger partial charge in [-0.05, 0) is 25.2 Å². The largest absolute Gasteiger partial charge is 0.337 e. The number of hydrogen-bond donors (Lipinski definition) is 0. The molecule has 0 N–H and O–H groups in total. The van der Waals surface area contributed by atoms with E-state index in [1.165, 1.54) is 18.9 Å². The fourth-order valence-corrected chi connectivity index (χ4v) is 3.80. The molecule has 6 heteroatoms. The Morgan fingerprint density at radius 2 is 1.71 bits per heavy atom. The van der Waals surface area contributed by atoms with Gasteiger partial charge in [0.2, 0.25) is 17.7 Å². The Balaban J connectivity index is 1.70. The van der Waals surface area contributed by atoms with E-state index in [-0.39, 0.29) is 60.3 Å². The molecule has 0 aromatic carbocycles. The number of rotatable bonds is 4. The van der Waals surface area contributed by atoms with Gasteiger partial charge in [0.15, 0.2) is 0 Å². The molecule has 1 saturated carbocycles. The molecule has 2 fully saturated rings. The van der Waals surface area contributed by atoms with Gasteiger partial charge in [-0.25, -0.2) is 0 Å². The molecule has 3 amide bonds. The Labute approximate surface area is 122 Å². The molecule has 6 nitrogen and oxygen atoms in total. The lowest BCUT2D eigenvalue weighted by atomic mass is 9.85. The second-order valence-corrected chi connectivity index (χ2v) is 6.21. The smallest absolute Gasteiger partial charge is 0.242 e. The van der Waals surface area contributed by atoms with Gasteiger partial charge in [0, 0.05) is 7.05 Å². The van der Waals surface area contributed by atoms with Gasteiger partial charge in [-0.1, -0.05) is 12.2 Å². The molecule has 2 bridgehead atoms. The van der Waals surface area contributed by atoms with Gasteiger partial charge in [-0.2, -0.15) is 0 Å². The van der Waals surface area contributed by atoms with E-state index in [2.05, 4.69) is 0 Å². The first kappa shape index (κ1) is 14.0. The third-order valence-electron chi connectivity index (χ3n) is 4.74. The number of likely N-dealkylation sites (tertiary alicyclic amines) is 1. The first-order chi connectivity index (χ1) is 9.90. The number of Topliss-reactive ketones (excluding diaryl/α,β-unsaturated/α-hetero) is 1. The lowest BCUT2D eigenvalue weighted by Crippen LogP contribution is -2.43. The number of likely N-dealkylation sites (N-methyl/N-ethyl adjacent to an activating group) is 1. The highest BCUT2D eigenvalue weighted by molar-refractivity contribution is 6.08. The minimum absolute atomic E-state index is 0.00524. The summed E-state index contributed by atoms with van der Waals surface area (Å²) in [7, 11) is 1.50. The van der Waals surface area contributed by atoms with Crippen LogP contribution < -0.4 is 0 Å². The lowest BCUT2D eigenvalue weighted by Gasteiger charge is -2.21. The van der Waals surface area contributed by atoms with Crippen LogP contribution in [0.5, 0.6) is 0 Å². The Morgan fingerprint density at radius 1 is 1.19 bits per heavy atom. The maximum absolute atomic E-state index is 12.4. The quantitative estimate of drug-likeness (QED) is 0.533. The van der Waals surface area contributed by atoms with Crippen LogP contribution in [0.2, 0.25) is 0 Å². The summed E-state index contributed by atoms with van der Waals surface area (Å²) in [4.78, 5) is 50.2. The third-order valence-corrected chi connectivity index (χ3v) is 4.74. The Hall–Kier alpha value is -1.98. The molecule has 0 spiro atoms. The van der Waals surface area contributed by atoms with Crippen LogP contribution in [-0.2, 0) is 19.2 Å². The van der Waals surface area contributed by atoms with Crippen molar-refractivity contribution in [1.82, 2.24) is 9.80 Å². The van der Waals surface area contributed by atoms with Gasteiger partial charge in [0.05, 0.1) is 18.4 Å². The second kappa shape index (κ2) is 4.79. The molecule has 4 atom stereocenters. The molecule has 3 aliphatic rings. The number of amides is 3. The summed E-state index contributed by atoms with van der Waals surface area (Å²) in [5.41, 5.74) is 0. The molecule has 1 aliphatic heterocycles. The predicted octanol–water partition coefficient (Wildman–Crippen LogP) is -0.159. The van der Waals surface area contributed by atoms with Crippen LogP contribution in [-0.4, -0.2) is 53.4 Å². The van der Waals surface area contributed by atoms with Crippen LogP contribution in [0.4, 0.5) is 0 Å². The number of carbonyl (C=O) groups is 4. The molecule has 0 aromatic heterocycles. The van der Waals surface area contributed by atoms with Gasteiger partial charge in [-0.3, -0.25) is 24.1 Å². The minimum atomic E-state index is -0.382. The molecular weight excluding hydrogens is 272 g/mol. The van der Waals surface area contributed by atoms with Crippen molar-refractivity contribution < 1.29 is 19.2 Å². The molecule has 21 heavy (non-hydrogen) atoms. The van der Waals surface area contributed by atoms with Crippen LogP contribution in [0, 0.1) is 23.7 Å². The van der Waals surface area contributed by atoms with Crippen molar-refractivity contribution in [3.8, 4) is 0 Å². The number of allylic oxidation sites excluding steroid dienone is 2. The second-order valence-electron chi connectivity index (χ2n) is 6.21. The number of fused-ring (bicyclic) bond motifs is 5. The van der Waals surface area contributed by atoms with E-state index < -0.39 is 0 Å². The van der Waals surface area contributed by atoms with Gasteiger partial charge in [-0.15, -0.1) is 0 Å². The highest BCUT2D eigenvalue weighted by Gasteiger charge is 2.59. The van der Waals surface area contributed by atoms with Gasteiger partial charge in [0.1, 0.15) is 12.3 Å². The van der Waals surface area contributed by atoms with Crippen LogP contribution in [0.1, 0.15) is 13.3 Å². The zero-order valence-corrected chi connectivity index (χ0v) is 12.1. The van der Waals surface area contributed by atoms with Crippen LogP contribution in [0.3, 0.4) is 0 Å². The molecule has 4 unspecified atom stereocenters. The van der Waals surface area contributed by atoms with Crippen molar-refractivity contribution >= 4 is 23.5 Å². The van der Waals surface area contributed by atoms with Gasteiger partial charge < -0.3 is 4.90 Å². The van der Waals surface area contributed by atoms with Gasteiger partial charge >= 0.3 is 0 Å². The molecule has 112 valence electrons. The molecule has 1 saturated heterocycles. The first-order valence-electron chi connectivity index (χ1n) is 7.17. The number of imide groups is 1. The summed E-state index contributed by atoms with van der Waals surface area (Å²) < 4.78 is 0.